The van der Waals surface area contributed by atoms with E-state index < -0.39 is 6.04 Å². The van der Waals surface area contributed by atoms with Crippen molar-refractivity contribution in [2.24, 2.45) is 5.10 Å². The van der Waals surface area contributed by atoms with Crippen molar-refractivity contribution in [3.63, 3.8) is 0 Å². The van der Waals surface area contributed by atoms with Gasteiger partial charge < -0.3 is 4.74 Å². The van der Waals surface area contributed by atoms with E-state index in [-0.39, 0.29) is 11.9 Å². The van der Waals surface area contributed by atoms with Crippen LogP contribution < -0.4 is 21.0 Å². The number of hydrogen-bond donors (Lipinski definition) is 3. The SMILES string of the molecule is Cc1nn(-c2ccccc2)c(C)c1/C=N/NC(=O)C1CC(c2ccc(OCc3ccccc3)cc2)NN1. The van der Waals surface area contributed by atoms with Gasteiger partial charge in [-0.15, -0.1) is 0 Å². The van der Waals surface area contributed by atoms with Gasteiger partial charge in [0.05, 0.1) is 23.3 Å². The van der Waals surface area contributed by atoms with E-state index in [0.717, 1.165) is 39.5 Å². The van der Waals surface area contributed by atoms with Crippen LogP contribution in [0.1, 0.15) is 40.5 Å². The number of carbonyl (C=O) groups is 1. The number of aryl methyl sites for hydroxylation is 1. The second-order valence-corrected chi connectivity index (χ2v) is 9.04. The van der Waals surface area contributed by atoms with E-state index in [1.807, 2.05) is 103 Å². The molecule has 3 aromatic carbocycles. The molecule has 1 aromatic heterocycles. The summed E-state index contributed by atoms with van der Waals surface area (Å²) >= 11 is 0. The van der Waals surface area contributed by atoms with Crippen LogP contribution in [0.4, 0.5) is 0 Å². The average molecular weight is 495 g/mol. The molecule has 0 radical (unpaired) electrons. The van der Waals surface area contributed by atoms with Crippen molar-refractivity contribution in [1.82, 2.24) is 26.1 Å². The first-order valence-electron chi connectivity index (χ1n) is 12.3. The summed E-state index contributed by atoms with van der Waals surface area (Å²) in [5.74, 6) is 0.614. The fraction of sp³-hybridized carbons (Fsp3) is 0.207. The molecule has 3 N–H and O–H groups in total. The number of amides is 1. The Balaban J connectivity index is 1.14. The fourth-order valence-electron chi connectivity index (χ4n) is 4.38. The van der Waals surface area contributed by atoms with E-state index in [0.29, 0.717) is 13.0 Å². The molecule has 1 amide bonds. The van der Waals surface area contributed by atoms with E-state index in [2.05, 4.69) is 26.5 Å². The Morgan fingerprint density at radius 2 is 1.73 bits per heavy atom. The number of ether oxygens (including phenoxy) is 1. The predicted octanol–water partition coefficient (Wildman–Crippen LogP) is 4.13. The molecule has 37 heavy (non-hydrogen) atoms. The first kappa shape index (κ1) is 24.4. The summed E-state index contributed by atoms with van der Waals surface area (Å²) in [6, 6.07) is 27.6. The van der Waals surface area contributed by atoms with Crippen LogP contribution in [0.2, 0.25) is 0 Å². The number of nitrogens with one attached hydrogen (secondary N) is 3. The first-order valence-corrected chi connectivity index (χ1v) is 12.3. The smallest absolute Gasteiger partial charge is 0.258 e. The third-order valence-electron chi connectivity index (χ3n) is 6.47. The van der Waals surface area contributed by atoms with Gasteiger partial charge >= 0.3 is 0 Å². The van der Waals surface area contributed by atoms with Crippen molar-refractivity contribution >= 4 is 12.1 Å². The van der Waals surface area contributed by atoms with Gasteiger partial charge in [-0.25, -0.2) is 21.0 Å². The number of aromatic nitrogens is 2. The summed E-state index contributed by atoms with van der Waals surface area (Å²) in [7, 11) is 0. The van der Waals surface area contributed by atoms with Crippen LogP contribution in [0.15, 0.2) is 90.0 Å². The largest absolute Gasteiger partial charge is 0.489 e. The highest BCUT2D eigenvalue weighted by Crippen LogP contribution is 2.25. The molecular formula is C29H30N6O2. The molecule has 5 rings (SSSR count). The maximum Gasteiger partial charge on any atom is 0.258 e. The van der Waals surface area contributed by atoms with Gasteiger partial charge in [-0.05, 0) is 55.7 Å². The molecule has 2 unspecified atom stereocenters. The number of hydrogen-bond acceptors (Lipinski definition) is 6. The molecule has 2 atom stereocenters. The van der Waals surface area contributed by atoms with Gasteiger partial charge in [0.1, 0.15) is 18.4 Å². The standard InChI is InChI=1S/C29H30N6O2/c1-20-26(21(2)35(34-20)24-11-7-4-8-12-24)18-30-33-29(36)28-17-27(31-32-28)23-13-15-25(16-14-23)37-19-22-9-5-3-6-10-22/h3-16,18,27-28,31-32H,17,19H2,1-2H3,(H,33,36)/b30-18+. The zero-order chi connectivity index (χ0) is 25.6. The highest BCUT2D eigenvalue weighted by molar-refractivity contribution is 5.86. The summed E-state index contributed by atoms with van der Waals surface area (Å²) in [6.45, 7) is 4.44. The van der Waals surface area contributed by atoms with Gasteiger partial charge in [0.2, 0.25) is 0 Å². The van der Waals surface area contributed by atoms with Gasteiger partial charge in [-0.3, -0.25) is 4.79 Å². The van der Waals surface area contributed by atoms with Crippen molar-refractivity contribution in [2.75, 3.05) is 0 Å². The van der Waals surface area contributed by atoms with Crippen LogP contribution >= 0.6 is 0 Å². The van der Waals surface area contributed by atoms with E-state index in [1.54, 1.807) is 6.21 Å². The monoisotopic (exact) mass is 494 g/mol. The van der Waals surface area contributed by atoms with Crippen LogP contribution in [-0.4, -0.2) is 27.9 Å². The second-order valence-electron chi connectivity index (χ2n) is 9.04. The Bertz CT molecular complexity index is 1370. The minimum absolute atomic E-state index is 0.0106. The van der Waals surface area contributed by atoms with Crippen molar-refractivity contribution in [3.8, 4) is 11.4 Å². The molecule has 0 spiro atoms. The molecule has 0 saturated carbocycles. The molecule has 1 aliphatic rings. The molecule has 8 heteroatoms. The normalized spacial score (nSPS) is 17.2. The fourth-order valence-corrected chi connectivity index (χ4v) is 4.38. The number of hydrazone groups is 1. The van der Waals surface area contributed by atoms with Crippen LogP contribution in [0.5, 0.6) is 5.75 Å². The molecule has 1 aliphatic heterocycles. The number of para-hydroxylation sites is 1. The van der Waals surface area contributed by atoms with E-state index in [1.165, 1.54) is 0 Å². The van der Waals surface area contributed by atoms with Gasteiger partial charge in [-0.1, -0.05) is 60.7 Å². The Kier molecular flexibility index (Phi) is 7.39. The summed E-state index contributed by atoms with van der Waals surface area (Å²) < 4.78 is 7.75. The highest BCUT2D eigenvalue weighted by Gasteiger charge is 2.30. The number of carbonyl (C=O) groups excluding carboxylic acids is 1. The lowest BCUT2D eigenvalue weighted by atomic mass is 10.0. The predicted molar refractivity (Wildman–Crippen MR) is 143 cm³/mol. The minimum atomic E-state index is -0.398. The summed E-state index contributed by atoms with van der Waals surface area (Å²) in [4.78, 5) is 12.7. The summed E-state index contributed by atoms with van der Waals surface area (Å²) in [5, 5.41) is 8.82. The maximum absolute atomic E-state index is 12.7. The minimum Gasteiger partial charge on any atom is -0.489 e. The second kappa shape index (κ2) is 11.2. The van der Waals surface area contributed by atoms with Crippen molar-refractivity contribution < 1.29 is 9.53 Å². The Hall–Kier alpha value is -4.27. The lowest BCUT2D eigenvalue weighted by Crippen LogP contribution is -2.41. The zero-order valence-corrected chi connectivity index (χ0v) is 20.9. The van der Waals surface area contributed by atoms with E-state index in [4.69, 9.17) is 4.74 Å². The van der Waals surface area contributed by atoms with Gasteiger partial charge in [0.15, 0.2) is 0 Å². The first-order chi connectivity index (χ1) is 18.1. The van der Waals surface area contributed by atoms with Crippen LogP contribution in [0.25, 0.3) is 5.69 Å². The molecule has 0 bridgehead atoms. The number of rotatable bonds is 8. The third-order valence-corrected chi connectivity index (χ3v) is 6.47. The van der Waals surface area contributed by atoms with Gasteiger partial charge in [0.25, 0.3) is 5.91 Å². The zero-order valence-electron chi connectivity index (χ0n) is 20.9. The number of nitrogens with zero attached hydrogens (tertiary/aromatic N) is 3. The van der Waals surface area contributed by atoms with Crippen molar-refractivity contribution in [2.45, 2.75) is 39.0 Å². The Morgan fingerprint density at radius 1 is 1.03 bits per heavy atom. The topological polar surface area (TPSA) is 92.6 Å². The number of benzene rings is 3. The quantitative estimate of drug-likeness (QED) is 0.253. The molecule has 1 fully saturated rings. The van der Waals surface area contributed by atoms with Gasteiger partial charge in [-0.2, -0.15) is 10.2 Å². The van der Waals surface area contributed by atoms with Crippen molar-refractivity contribution in [1.29, 1.82) is 0 Å². The lowest BCUT2D eigenvalue weighted by molar-refractivity contribution is -0.122. The van der Waals surface area contributed by atoms with Crippen LogP contribution in [-0.2, 0) is 11.4 Å². The maximum atomic E-state index is 12.7. The molecule has 8 nitrogen and oxygen atoms in total. The Labute approximate surface area is 216 Å². The molecule has 0 aliphatic carbocycles. The lowest BCUT2D eigenvalue weighted by Gasteiger charge is -2.11. The average Bonchev–Trinajstić information content (AvgIpc) is 3.54. The number of hydrazine groups is 1. The van der Waals surface area contributed by atoms with Crippen LogP contribution in [0, 0.1) is 13.8 Å². The summed E-state index contributed by atoms with van der Waals surface area (Å²) in [5.41, 5.74) is 14.8. The van der Waals surface area contributed by atoms with E-state index >= 15 is 0 Å². The van der Waals surface area contributed by atoms with Gasteiger partial charge in [0, 0.05) is 11.6 Å². The highest BCUT2D eigenvalue weighted by atomic mass is 16.5. The molecule has 2 heterocycles. The molecule has 188 valence electrons. The third kappa shape index (κ3) is 5.77. The van der Waals surface area contributed by atoms with E-state index in [9.17, 15) is 4.79 Å². The summed E-state index contributed by atoms with van der Waals surface area (Å²) in [6.07, 6.45) is 2.26. The molecule has 4 aromatic rings. The van der Waals surface area contributed by atoms with Crippen LogP contribution in [0.3, 0.4) is 0 Å². The van der Waals surface area contributed by atoms with Crippen molar-refractivity contribution in [3.05, 3.63) is 113 Å². The molecular weight excluding hydrogens is 464 g/mol. The Morgan fingerprint density at radius 3 is 2.46 bits per heavy atom. The molecule has 1 saturated heterocycles.